The normalized spacial score (nSPS) is 17.1. The van der Waals surface area contributed by atoms with Crippen LogP contribution in [-0.2, 0) is 14.8 Å². The Morgan fingerprint density at radius 3 is 2.63 bits per heavy atom. The Bertz CT molecular complexity index is 1160. The highest BCUT2D eigenvalue weighted by Gasteiger charge is 2.33. The van der Waals surface area contributed by atoms with Crippen LogP contribution in [-0.4, -0.2) is 49.4 Å². The fourth-order valence-corrected chi connectivity index (χ4v) is 4.79. The maximum absolute atomic E-state index is 12.9. The summed E-state index contributed by atoms with van der Waals surface area (Å²) in [6.07, 6.45) is 0.305. The third-order valence-electron chi connectivity index (χ3n) is 4.81. The number of nitrogens with two attached hydrogens (primary N) is 1. The fourth-order valence-electron chi connectivity index (χ4n) is 3.31. The quantitative estimate of drug-likeness (QED) is 0.617. The minimum absolute atomic E-state index is 0.151. The Kier molecular flexibility index (Phi) is 5.56. The van der Waals surface area contributed by atoms with Crippen molar-refractivity contribution >= 4 is 26.8 Å². The second-order valence-electron chi connectivity index (χ2n) is 6.96. The Labute approximate surface area is 174 Å². The molecule has 2 heterocycles. The van der Waals surface area contributed by atoms with E-state index in [-0.39, 0.29) is 24.2 Å². The number of fused-ring (bicyclic) bond motifs is 1. The highest BCUT2D eigenvalue weighted by molar-refractivity contribution is 7.89. The van der Waals surface area contributed by atoms with E-state index < -0.39 is 15.9 Å². The molecule has 8 nitrogen and oxygen atoms in total. The molecule has 0 spiro atoms. The maximum atomic E-state index is 12.9. The van der Waals surface area contributed by atoms with Crippen molar-refractivity contribution in [1.29, 1.82) is 0 Å². The number of carbonyl (C=O) groups is 1. The molecule has 4 rings (SSSR count). The lowest BCUT2D eigenvalue weighted by molar-refractivity contribution is -0.119. The second-order valence-corrected chi connectivity index (χ2v) is 8.90. The second kappa shape index (κ2) is 8.29. The average molecular weight is 427 g/mol. The summed E-state index contributed by atoms with van der Waals surface area (Å²) in [5.41, 5.74) is 5.86. The predicted octanol–water partition coefficient (Wildman–Crippen LogP) is 1.94. The first kappa shape index (κ1) is 20.1. The number of nitrogens with zero attached hydrogens (tertiary/aromatic N) is 2. The van der Waals surface area contributed by atoms with E-state index in [4.69, 9.17) is 15.2 Å². The van der Waals surface area contributed by atoms with E-state index in [9.17, 15) is 13.2 Å². The average Bonchev–Trinajstić information content (AvgIpc) is 3.22. The standard InChI is InChI=1S/C21H21N3O5S/c22-20(25)14-28-16-6-8-18(9-7-16)30(26,27)24-12-11-17(13-24)29-21-10-5-15-3-1-2-4-19(15)23-21/h1-10,17H,11-14H2,(H2,22,25)/t17-/m0/s1. The SMILES string of the molecule is NC(=O)COc1ccc(S(=O)(=O)N2CC[C@H](Oc3ccc4ccccc4n3)C2)cc1. The molecular weight excluding hydrogens is 406 g/mol. The van der Waals surface area contributed by atoms with Crippen molar-refractivity contribution in [3.63, 3.8) is 0 Å². The zero-order valence-corrected chi connectivity index (χ0v) is 16.9. The van der Waals surface area contributed by atoms with Crippen LogP contribution < -0.4 is 15.2 Å². The zero-order chi connectivity index (χ0) is 21.1. The topological polar surface area (TPSA) is 112 Å². The summed E-state index contributed by atoms with van der Waals surface area (Å²) >= 11 is 0. The van der Waals surface area contributed by atoms with E-state index in [0.29, 0.717) is 24.6 Å². The van der Waals surface area contributed by atoms with Gasteiger partial charge in [0.2, 0.25) is 15.9 Å². The van der Waals surface area contributed by atoms with E-state index in [0.717, 1.165) is 10.9 Å². The molecule has 0 radical (unpaired) electrons. The number of benzene rings is 2. The lowest BCUT2D eigenvalue weighted by atomic mass is 10.2. The van der Waals surface area contributed by atoms with Crippen LogP contribution in [0.25, 0.3) is 10.9 Å². The highest BCUT2D eigenvalue weighted by atomic mass is 32.2. The van der Waals surface area contributed by atoms with Gasteiger partial charge in [0.15, 0.2) is 6.61 Å². The molecule has 2 aromatic carbocycles. The third kappa shape index (κ3) is 4.37. The molecular formula is C21H21N3O5S. The Balaban J connectivity index is 1.41. The zero-order valence-electron chi connectivity index (χ0n) is 16.1. The Morgan fingerprint density at radius 2 is 1.87 bits per heavy atom. The monoisotopic (exact) mass is 427 g/mol. The number of hydrogen-bond donors (Lipinski definition) is 1. The van der Waals surface area contributed by atoms with Crippen molar-refractivity contribution in [3.05, 3.63) is 60.7 Å². The van der Waals surface area contributed by atoms with Crippen molar-refractivity contribution in [2.24, 2.45) is 5.73 Å². The van der Waals surface area contributed by atoms with Crippen molar-refractivity contribution in [2.45, 2.75) is 17.4 Å². The van der Waals surface area contributed by atoms with E-state index in [1.165, 1.54) is 28.6 Å². The van der Waals surface area contributed by atoms with Gasteiger partial charge < -0.3 is 15.2 Å². The summed E-state index contributed by atoms with van der Waals surface area (Å²) in [5, 5.41) is 1.02. The molecule has 1 amide bonds. The van der Waals surface area contributed by atoms with Gasteiger partial charge in [0, 0.05) is 18.0 Å². The van der Waals surface area contributed by atoms with Crippen molar-refractivity contribution in [3.8, 4) is 11.6 Å². The molecule has 0 aliphatic carbocycles. The van der Waals surface area contributed by atoms with Gasteiger partial charge in [0.05, 0.1) is 17.0 Å². The predicted molar refractivity (Wildman–Crippen MR) is 111 cm³/mol. The van der Waals surface area contributed by atoms with Crippen molar-refractivity contribution < 1.29 is 22.7 Å². The summed E-state index contributed by atoms with van der Waals surface area (Å²) in [6.45, 7) is 0.345. The van der Waals surface area contributed by atoms with Crippen LogP contribution in [0.5, 0.6) is 11.6 Å². The first-order chi connectivity index (χ1) is 14.4. The molecule has 0 saturated carbocycles. The summed E-state index contributed by atoms with van der Waals surface area (Å²) < 4.78 is 38.4. The lowest BCUT2D eigenvalue weighted by Crippen LogP contribution is -2.31. The van der Waals surface area contributed by atoms with Gasteiger partial charge in [-0.3, -0.25) is 4.79 Å². The van der Waals surface area contributed by atoms with E-state index in [1.807, 2.05) is 30.3 Å². The van der Waals surface area contributed by atoms with Gasteiger partial charge >= 0.3 is 0 Å². The largest absolute Gasteiger partial charge is 0.484 e. The number of aromatic nitrogens is 1. The van der Waals surface area contributed by atoms with Gasteiger partial charge in [-0.15, -0.1) is 0 Å². The molecule has 2 N–H and O–H groups in total. The number of sulfonamides is 1. The van der Waals surface area contributed by atoms with Gasteiger partial charge in [-0.25, -0.2) is 13.4 Å². The van der Waals surface area contributed by atoms with Crippen LogP contribution in [0.2, 0.25) is 0 Å². The molecule has 1 fully saturated rings. The first-order valence-corrected chi connectivity index (χ1v) is 10.9. The van der Waals surface area contributed by atoms with Gasteiger partial charge in [-0.05, 0) is 42.8 Å². The minimum Gasteiger partial charge on any atom is -0.484 e. The number of rotatable bonds is 7. The molecule has 0 unspecified atom stereocenters. The van der Waals surface area contributed by atoms with E-state index >= 15 is 0 Å². The fraction of sp³-hybridized carbons (Fsp3) is 0.238. The van der Waals surface area contributed by atoms with Crippen LogP contribution in [0, 0.1) is 0 Å². The first-order valence-electron chi connectivity index (χ1n) is 9.45. The van der Waals surface area contributed by atoms with E-state index in [1.54, 1.807) is 6.07 Å². The summed E-state index contributed by atoms with van der Waals surface area (Å²) in [4.78, 5) is 15.4. The molecule has 1 aromatic heterocycles. The molecule has 1 aliphatic heterocycles. The van der Waals surface area contributed by atoms with Crippen molar-refractivity contribution in [2.75, 3.05) is 19.7 Å². The Hall–Kier alpha value is -3.17. The number of ether oxygens (including phenoxy) is 2. The molecule has 156 valence electrons. The highest BCUT2D eigenvalue weighted by Crippen LogP contribution is 2.25. The lowest BCUT2D eigenvalue weighted by Gasteiger charge is -2.17. The van der Waals surface area contributed by atoms with Crippen LogP contribution >= 0.6 is 0 Å². The molecule has 0 bridgehead atoms. The van der Waals surface area contributed by atoms with Crippen LogP contribution in [0.4, 0.5) is 0 Å². The van der Waals surface area contributed by atoms with Gasteiger partial charge in [0.25, 0.3) is 5.91 Å². The van der Waals surface area contributed by atoms with Crippen LogP contribution in [0.1, 0.15) is 6.42 Å². The Morgan fingerprint density at radius 1 is 1.10 bits per heavy atom. The minimum atomic E-state index is -3.66. The van der Waals surface area contributed by atoms with Crippen LogP contribution in [0.3, 0.4) is 0 Å². The molecule has 1 atom stereocenters. The molecule has 3 aromatic rings. The number of hydrogen-bond acceptors (Lipinski definition) is 6. The van der Waals surface area contributed by atoms with Crippen molar-refractivity contribution in [1.82, 2.24) is 9.29 Å². The maximum Gasteiger partial charge on any atom is 0.255 e. The molecule has 1 aliphatic rings. The molecule has 30 heavy (non-hydrogen) atoms. The van der Waals surface area contributed by atoms with Crippen LogP contribution in [0.15, 0.2) is 65.6 Å². The summed E-state index contributed by atoms with van der Waals surface area (Å²) in [5.74, 6) is 0.252. The van der Waals surface area contributed by atoms with Gasteiger partial charge in [-0.1, -0.05) is 18.2 Å². The van der Waals surface area contributed by atoms with Gasteiger partial charge in [-0.2, -0.15) is 4.31 Å². The van der Waals surface area contributed by atoms with E-state index in [2.05, 4.69) is 4.98 Å². The number of primary amides is 1. The molecule has 9 heteroatoms. The number of para-hydroxylation sites is 1. The number of amides is 1. The van der Waals surface area contributed by atoms with Gasteiger partial charge in [0.1, 0.15) is 11.9 Å². The third-order valence-corrected chi connectivity index (χ3v) is 6.69. The number of carbonyl (C=O) groups excluding carboxylic acids is 1. The molecule has 1 saturated heterocycles. The smallest absolute Gasteiger partial charge is 0.255 e. The summed E-state index contributed by atoms with van der Waals surface area (Å²) in [7, 11) is -3.66. The summed E-state index contributed by atoms with van der Waals surface area (Å²) in [6, 6.07) is 17.4. The number of pyridine rings is 1.